The van der Waals surface area contributed by atoms with Gasteiger partial charge in [0.25, 0.3) is 5.91 Å². The second-order valence-corrected chi connectivity index (χ2v) is 12.1. The van der Waals surface area contributed by atoms with E-state index in [1.165, 1.54) is 4.31 Å². The van der Waals surface area contributed by atoms with Crippen LogP contribution in [0.25, 0.3) is 0 Å². The number of nitrogens with one attached hydrogen (secondary N) is 1. The molecule has 3 fully saturated rings. The zero-order valence-electron chi connectivity index (χ0n) is 18.0. The smallest absolute Gasteiger partial charge is 0.253 e. The molecule has 1 aliphatic heterocycles. The summed E-state index contributed by atoms with van der Waals surface area (Å²) in [6, 6.07) is 9.17. The molecule has 4 rings (SSSR count). The van der Waals surface area contributed by atoms with Crippen LogP contribution in [0, 0.1) is 22.7 Å². The van der Waals surface area contributed by atoms with Gasteiger partial charge in [0.1, 0.15) is 0 Å². The monoisotopic (exact) mass is 418 g/mol. The Bertz CT molecular complexity index is 881. The third-order valence-electron chi connectivity index (χ3n) is 7.98. The fourth-order valence-electron chi connectivity index (χ4n) is 6.21. The Morgan fingerprint density at radius 3 is 2.55 bits per heavy atom. The molecule has 1 aromatic rings. The number of benzene rings is 1. The Labute approximate surface area is 175 Å². The van der Waals surface area contributed by atoms with Gasteiger partial charge in [0.15, 0.2) is 0 Å². The van der Waals surface area contributed by atoms with Gasteiger partial charge in [-0.1, -0.05) is 58.0 Å². The summed E-state index contributed by atoms with van der Waals surface area (Å²) < 4.78 is 27.8. The molecule has 2 saturated carbocycles. The Morgan fingerprint density at radius 2 is 1.93 bits per heavy atom. The molecule has 5 nitrogen and oxygen atoms in total. The van der Waals surface area contributed by atoms with Crippen LogP contribution in [-0.4, -0.2) is 43.0 Å². The highest BCUT2D eigenvalue weighted by molar-refractivity contribution is 7.90. The lowest BCUT2D eigenvalue weighted by atomic mass is 9.69. The van der Waals surface area contributed by atoms with E-state index >= 15 is 0 Å². The minimum atomic E-state index is -3.59. The number of rotatable bonds is 6. The number of carbonyl (C=O) groups is 1. The Kier molecular flexibility index (Phi) is 5.10. The summed E-state index contributed by atoms with van der Waals surface area (Å²) in [6.45, 7) is 9.30. The topological polar surface area (TPSA) is 66.5 Å². The van der Waals surface area contributed by atoms with E-state index in [1.54, 1.807) is 0 Å². The number of hydrogen-bond acceptors (Lipinski definition) is 4. The average molecular weight is 419 g/mol. The largest absolute Gasteiger partial charge is 0.305 e. The van der Waals surface area contributed by atoms with Crippen molar-refractivity contribution in [1.29, 1.82) is 0 Å². The van der Waals surface area contributed by atoms with Crippen LogP contribution in [0.2, 0.25) is 0 Å². The summed E-state index contributed by atoms with van der Waals surface area (Å²) in [5.74, 6) is 0.751. The van der Waals surface area contributed by atoms with Crippen molar-refractivity contribution < 1.29 is 13.2 Å². The maximum Gasteiger partial charge on any atom is 0.253 e. The molecule has 0 unspecified atom stereocenters. The molecule has 1 amide bonds. The summed E-state index contributed by atoms with van der Waals surface area (Å²) in [4.78, 5) is 13.7. The normalized spacial score (nSPS) is 32.5. The molecule has 29 heavy (non-hydrogen) atoms. The van der Waals surface area contributed by atoms with Crippen molar-refractivity contribution in [3.05, 3.63) is 35.9 Å². The van der Waals surface area contributed by atoms with E-state index in [4.69, 9.17) is 0 Å². The molecule has 1 N–H and O–H groups in total. The van der Waals surface area contributed by atoms with Gasteiger partial charge < -0.3 is 5.32 Å². The molecule has 2 bridgehead atoms. The first kappa shape index (κ1) is 20.9. The van der Waals surface area contributed by atoms with Crippen LogP contribution in [0.1, 0.15) is 52.5 Å². The van der Waals surface area contributed by atoms with Crippen LogP contribution < -0.4 is 5.32 Å². The van der Waals surface area contributed by atoms with E-state index in [9.17, 15) is 13.2 Å². The molecule has 3 aliphatic rings. The van der Waals surface area contributed by atoms with Crippen LogP contribution in [-0.2, 0) is 21.2 Å². The molecule has 4 atom stereocenters. The number of carbonyl (C=O) groups excluding carboxylic acids is 1. The molecule has 1 spiro atoms. The average Bonchev–Trinajstić information content (AvgIpc) is 3.13. The van der Waals surface area contributed by atoms with Crippen molar-refractivity contribution in [2.45, 2.75) is 65.5 Å². The fourth-order valence-corrected chi connectivity index (χ4v) is 8.78. The standard InChI is InChI=1S/C23H34N2O3S/c1-16(2)14-24-19(12-17-8-6-5-7-9-17)21(26)25-20-13-18-10-11-23(20,22(18,3)4)15-29(25,27)28/h5-9,16,18-20,24H,10-15H2,1-4H3/t18-,19+,20-,23-/m1/s1. The van der Waals surface area contributed by atoms with Crippen molar-refractivity contribution in [1.82, 2.24) is 9.62 Å². The van der Waals surface area contributed by atoms with E-state index in [0.29, 0.717) is 24.8 Å². The highest BCUT2D eigenvalue weighted by atomic mass is 32.2. The first-order chi connectivity index (χ1) is 13.6. The molecular formula is C23H34N2O3S. The number of hydrogen-bond donors (Lipinski definition) is 1. The van der Waals surface area contributed by atoms with Crippen LogP contribution in [0.4, 0.5) is 0 Å². The van der Waals surface area contributed by atoms with Gasteiger partial charge in [0.05, 0.1) is 17.8 Å². The fraction of sp³-hybridized carbons (Fsp3) is 0.696. The first-order valence-electron chi connectivity index (χ1n) is 10.9. The van der Waals surface area contributed by atoms with Crippen molar-refractivity contribution >= 4 is 15.9 Å². The van der Waals surface area contributed by atoms with Crippen LogP contribution >= 0.6 is 0 Å². The third-order valence-corrected chi connectivity index (χ3v) is 9.90. The molecule has 1 saturated heterocycles. The van der Waals surface area contributed by atoms with Crippen LogP contribution in [0.5, 0.6) is 0 Å². The minimum Gasteiger partial charge on any atom is -0.305 e. The molecule has 1 heterocycles. The molecule has 1 aromatic carbocycles. The lowest BCUT2D eigenvalue weighted by molar-refractivity contribution is -0.131. The van der Waals surface area contributed by atoms with Gasteiger partial charge in [-0.15, -0.1) is 0 Å². The Morgan fingerprint density at radius 1 is 1.24 bits per heavy atom. The van der Waals surface area contributed by atoms with E-state index in [2.05, 4.69) is 33.0 Å². The lowest BCUT2D eigenvalue weighted by Gasteiger charge is -2.37. The zero-order chi connectivity index (χ0) is 21.0. The van der Waals surface area contributed by atoms with Crippen molar-refractivity contribution in [2.75, 3.05) is 12.3 Å². The molecule has 6 heteroatoms. The molecule has 160 valence electrons. The highest BCUT2D eigenvalue weighted by Crippen LogP contribution is 2.70. The van der Waals surface area contributed by atoms with Gasteiger partial charge in [0.2, 0.25) is 10.0 Å². The summed E-state index contributed by atoms with van der Waals surface area (Å²) in [5.41, 5.74) is 0.739. The van der Waals surface area contributed by atoms with Crippen molar-refractivity contribution in [3.63, 3.8) is 0 Å². The van der Waals surface area contributed by atoms with Gasteiger partial charge >= 0.3 is 0 Å². The lowest BCUT2D eigenvalue weighted by Crippen LogP contribution is -2.53. The highest BCUT2D eigenvalue weighted by Gasteiger charge is 2.72. The number of amides is 1. The third kappa shape index (κ3) is 3.23. The number of sulfonamides is 1. The SMILES string of the molecule is CC(C)CN[C@@H](Cc1ccccc1)C(=O)N1[C@@H]2C[C@H]3CC[C@]2(CS1(=O)=O)C3(C)C. The van der Waals surface area contributed by atoms with E-state index in [0.717, 1.165) is 24.8 Å². The van der Waals surface area contributed by atoms with E-state index < -0.39 is 16.1 Å². The van der Waals surface area contributed by atoms with Crippen molar-refractivity contribution in [2.24, 2.45) is 22.7 Å². The first-order valence-corrected chi connectivity index (χ1v) is 12.5. The van der Waals surface area contributed by atoms with Gasteiger partial charge in [-0.2, -0.15) is 0 Å². The molecular weight excluding hydrogens is 384 g/mol. The summed E-state index contributed by atoms with van der Waals surface area (Å²) >= 11 is 0. The number of fused-ring (bicyclic) bond motifs is 1. The molecule has 0 radical (unpaired) electrons. The van der Waals surface area contributed by atoms with Crippen molar-refractivity contribution in [3.8, 4) is 0 Å². The van der Waals surface area contributed by atoms with E-state index in [1.807, 2.05) is 30.3 Å². The molecule has 0 aromatic heterocycles. The number of nitrogens with zero attached hydrogens (tertiary/aromatic N) is 1. The van der Waals surface area contributed by atoms with Crippen LogP contribution in [0.15, 0.2) is 30.3 Å². The van der Waals surface area contributed by atoms with Crippen LogP contribution in [0.3, 0.4) is 0 Å². The Hall–Kier alpha value is -1.40. The second-order valence-electron chi connectivity index (χ2n) is 10.3. The second kappa shape index (κ2) is 7.09. The van der Waals surface area contributed by atoms with Gasteiger partial charge in [-0.05, 0) is 55.0 Å². The predicted molar refractivity (Wildman–Crippen MR) is 115 cm³/mol. The van der Waals surface area contributed by atoms with Gasteiger partial charge in [-0.25, -0.2) is 12.7 Å². The summed E-state index contributed by atoms with van der Waals surface area (Å²) in [6.07, 6.45) is 3.33. The minimum absolute atomic E-state index is 0.0277. The van der Waals surface area contributed by atoms with E-state index in [-0.39, 0.29) is 28.5 Å². The van der Waals surface area contributed by atoms with Gasteiger partial charge in [-0.3, -0.25) is 4.79 Å². The van der Waals surface area contributed by atoms with Gasteiger partial charge in [0, 0.05) is 5.41 Å². The Balaban J connectivity index is 1.64. The summed E-state index contributed by atoms with van der Waals surface area (Å²) in [7, 11) is -3.59. The maximum atomic E-state index is 13.7. The quantitative estimate of drug-likeness (QED) is 0.770. The maximum absolute atomic E-state index is 13.7. The summed E-state index contributed by atoms with van der Waals surface area (Å²) in [5, 5.41) is 3.37. The zero-order valence-corrected chi connectivity index (χ0v) is 18.8. The predicted octanol–water partition coefficient (Wildman–Crippen LogP) is 3.21. The molecule has 2 aliphatic carbocycles.